The van der Waals surface area contributed by atoms with Crippen molar-refractivity contribution in [2.24, 2.45) is 0 Å². The van der Waals surface area contributed by atoms with Gasteiger partial charge in [0.05, 0.1) is 17.3 Å². The average molecular weight is 484 g/mol. The van der Waals surface area contributed by atoms with Gasteiger partial charge in [0.2, 0.25) is 0 Å². The smallest absolute Gasteiger partial charge is 0.262 e. The first-order valence-corrected chi connectivity index (χ1v) is 12.9. The Bertz CT molecular complexity index is 1430. The molecular weight excluding hydrogens is 453 g/mol. The summed E-state index contributed by atoms with van der Waals surface area (Å²) in [6.07, 6.45) is 7.69. The van der Waals surface area contributed by atoms with Gasteiger partial charge in [0, 0.05) is 34.9 Å². The minimum atomic E-state index is -0.532. The standard InChI is InChI=1S/C29H30FN5O/c1-18-6-4-7-19-13-15-32-28(26(18)19)35(21-8-5-14-31-17-21)29(36)22-12-11-20(16-24(22)30)27-23-9-2-3-10-25(23)33-34-27/h4,6-7,11-13,15-16,21,31H,2-3,5,8-10,14,17H2,1H3,(H,33,34)/t21-/m1/s1. The number of aromatic nitrogens is 3. The van der Waals surface area contributed by atoms with Crippen LogP contribution in [0.4, 0.5) is 10.2 Å². The molecule has 2 aliphatic rings. The van der Waals surface area contributed by atoms with E-state index in [2.05, 4.69) is 20.5 Å². The monoisotopic (exact) mass is 483 g/mol. The molecule has 6 nitrogen and oxygen atoms in total. The van der Waals surface area contributed by atoms with Crippen LogP contribution in [0.15, 0.2) is 48.7 Å². The van der Waals surface area contributed by atoms with E-state index in [1.165, 1.54) is 11.6 Å². The molecule has 3 heterocycles. The van der Waals surface area contributed by atoms with Gasteiger partial charge >= 0.3 is 0 Å². The van der Waals surface area contributed by atoms with Crippen molar-refractivity contribution in [3.63, 3.8) is 0 Å². The lowest BCUT2D eigenvalue weighted by Crippen LogP contribution is -2.49. The zero-order chi connectivity index (χ0) is 24.6. The number of aromatic amines is 1. The van der Waals surface area contributed by atoms with Gasteiger partial charge in [-0.2, -0.15) is 5.10 Å². The number of hydrogen-bond acceptors (Lipinski definition) is 4. The number of nitrogens with zero attached hydrogens (tertiary/aromatic N) is 3. The van der Waals surface area contributed by atoms with Crippen molar-refractivity contribution in [2.75, 3.05) is 18.0 Å². The molecule has 184 valence electrons. The molecule has 1 aliphatic heterocycles. The fourth-order valence-electron chi connectivity index (χ4n) is 5.74. The summed E-state index contributed by atoms with van der Waals surface area (Å²) in [4.78, 5) is 20.4. The fourth-order valence-corrected chi connectivity index (χ4v) is 5.74. The highest BCUT2D eigenvalue weighted by atomic mass is 19.1. The maximum absolute atomic E-state index is 15.6. The second kappa shape index (κ2) is 9.47. The van der Waals surface area contributed by atoms with E-state index in [1.807, 2.05) is 37.3 Å². The number of rotatable bonds is 4. The predicted octanol–water partition coefficient (Wildman–Crippen LogP) is 5.35. The molecule has 1 amide bonds. The SMILES string of the molecule is Cc1cccc2ccnc(N(C(=O)c3ccc(-c4n[nH]c5c4CCCC5)cc3F)[C@@H]3CCCNC3)c12. The Balaban J connectivity index is 1.42. The molecule has 2 aromatic heterocycles. The quantitative estimate of drug-likeness (QED) is 0.410. The number of anilines is 1. The van der Waals surface area contributed by atoms with Crippen LogP contribution in [0.3, 0.4) is 0 Å². The molecule has 36 heavy (non-hydrogen) atoms. The number of pyridine rings is 1. The lowest BCUT2D eigenvalue weighted by atomic mass is 9.93. The summed E-state index contributed by atoms with van der Waals surface area (Å²) in [5, 5.41) is 12.9. The number of benzene rings is 2. The molecule has 0 bridgehead atoms. The maximum Gasteiger partial charge on any atom is 0.262 e. The van der Waals surface area contributed by atoms with Gasteiger partial charge in [0.25, 0.3) is 5.91 Å². The van der Waals surface area contributed by atoms with Crippen LogP contribution in [0.5, 0.6) is 0 Å². The van der Waals surface area contributed by atoms with E-state index in [4.69, 9.17) is 0 Å². The van der Waals surface area contributed by atoms with Crippen LogP contribution in [0, 0.1) is 12.7 Å². The van der Waals surface area contributed by atoms with E-state index in [0.717, 1.165) is 72.8 Å². The van der Waals surface area contributed by atoms with Crippen molar-refractivity contribution < 1.29 is 9.18 Å². The topological polar surface area (TPSA) is 73.9 Å². The predicted molar refractivity (Wildman–Crippen MR) is 140 cm³/mol. The van der Waals surface area contributed by atoms with Gasteiger partial charge in [-0.05, 0) is 81.1 Å². The number of H-pyrrole nitrogens is 1. The fraction of sp³-hybridized carbons (Fsp3) is 0.345. The first-order valence-electron chi connectivity index (χ1n) is 12.9. The van der Waals surface area contributed by atoms with E-state index in [0.29, 0.717) is 17.9 Å². The summed E-state index contributed by atoms with van der Waals surface area (Å²) in [6.45, 7) is 3.58. The first kappa shape index (κ1) is 22.9. The highest BCUT2D eigenvalue weighted by Gasteiger charge is 2.32. The molecule has 4 aromatic rings. The zero-order valence-electron chi connectivity index (χ0n) is 20.5. The molecule has 2 aromatic carbocycles. The van der Waals surface area contributed by atoms with Gasteiger partial charge < -0.3 is 5.32 Å². The number of nitrogens with one attached hydrogen (secondary N) is 2. The molecule has 0 saturated carbocycles. The number of hydrogen-bond donors (Lipinski definition) is 2. The van der Waals surface area contributed by atoms with Crippen molar-refractivity contribution in [1.82, 2.24) is 20.5 Å². The molecule has 1 aliphatic carbocycles. The Morgan fingerprint density at radius 1 is 1.11 bits per heavy atom. The molecule has 0 radical (unpaired) electrons. The van der Waals surface area contributed by atoms with Crippen LogP contribution in [0.25, 0.3) is 22.0 Å². The molecule has 1 saturated heterocycles. The summed E-state index contributed by atoms with van der Waals surface area (Å²) in [6, 6.07) is 12.8. The maximum atomic E-state index is 15.6. The van der Waals surface area contributed by atoms with Crippen LogP contribution in [0.2, 0.25) is 0 Å². The third-order valence-corrected chi connectivity index (χ3v) is 7.59. The van der Waals surface area contributed by atoms with Crippen LogP contribution in [0.1, 0.15) is 52.9 Å². The van der Waals surface area contributed by atoms with E-state index >= 15 is 4.39 Å². The highest BCUT2D eigenvalue weighted by Crippen LogP contribution is 2.34. The van der Waals surface area contributed by atoms with Gasteiger partial charge in [0.1, 0.15) is 11.6 Å². The number of piperidine rings is 1. The third kappa shape index (κ3) is 3.97. The largest absolute Gasteiger partial charge is 0.315 e. The second-order valence-electron chi connectivity index (χ2n) is 9.91. The first-order chi connectivity index (χ1) is 17.6. The molecule has 1 atom stereocenters. The van der Waals surface area contributed by atoms with Gasteiger partial charge in [-0.3, -0.25) is 14.8 Å². The summed E-state index contributed by atoms with van der Waals surface area (Å²) < 4.78 is 15.6. The van der Waals surface area contributed by atoms with Gasteiger partial charge in [-0.15, -0.1) is 0 Å². The van der Waals surface area contributed by atoms with Crippen LogP contribution < -0.4 is 10.2 Å². The number of halogens is 1. The normalized spacial score (nSPS) is 17.7. The summed E-state index contributed by atoms with van der Waals surface area (Å²) >= 11 is 0. The van der Waals surface area contributed by atoms with Crippen molar-refractivity contribution in [2.45, 2.75) is 51.5 Å². The summed E-state index contributed by atoms with van der Waals surface area (Å²) in [5.41, 5.74) is 4.91. The van der Waals surface area contributed by atoms with Crippen molar-refractivity contribution in [3.8, 4) is 11.3 Å². The van der Waals surface area contributed by atoms with E-state index in [9.17, 15) is 4.79 Å². The average Bonchev–Trinajstić information content (AvgIpc) is 3.34. The number of carbonyl (C=O) groups is 1. The Morgan fingerprint density at radius 2 is 2.00 bits per heavy atom. The molecule has 0 spiro atoms. The molecular formula is C29H30FN5O. The Labute approximate surface area is 209 Å². The van der Waals surface area contributed by atoms with Crippen LogP contribution >= 0.6 is 0 Å². The van der Waals surface area contributed by atoms with Crippen molar-refractivity contribution >= 4 is 22.5 Å². The summed E-state index contributed by atoms with van der Waals surface area (Å²) in [5.74, 6) is -0.301. The van der Waals surface area contributed by atoms with Crippen LogP contribution in [-0.2, 0) is 12.8 Å². The molecule has 7 heteroatoms. The molecule has 0 unspecified atom stereocenters. The summed E-state index contributed by atoms with van der Waals surface area (Å²) in [7, 11) is 0. The second-order valence-corrected chi connectivity index (χ2v) is 9.91. The minimum Gasteiger partial charge on any atom is -0.315 e. The van der Waals surface area contributed by atoms with E-state index < -0.39 is 5.82 Å². The van der Waals surface area contributed by atoms with Crippen molar-refractivity contribution in [3.05, 3.63) is 76.9 Å². The lowest BCUT2D eigenvalue weighted by Gasteiger charge is -2.35. The van der Waals surface area contributed by atoms with E-state index in [-0.39, 0.29) is 17.5 Å². The Morgan fingerprint density at radius 3 is 2.83 bits per heavy atom. The zero-order valence-corrected chi connectivity index (χ0v) is 20.5. The number of fused-ring (bicyclic) bond motifs is 2. The van der Waals surface area contributed by atoms with Gasteiger partial charge in [-0.1, -0.05) is 24.3 Å². The molecule has 1 fully saturated rings. The van der Waals surface area contributed by atoms with Gasteiger partial charge in [0.15, 0.2) is 0 Å². The number of aryl methyl sites for hydroxylation is 2. The minimum absolute atomic E-state index is 0.0566. The van der Waals surface area contributed by atoms with E-state index in [1.54, 1.807) is 17.2 Å². The Kier molecular flexibility index (Phi) is 6.01. The Hall–Kier alpha value is -3.58. The third-order valence-electron chi connectivity index (χ3n) is 7.59. The number of amides is 1. The molecule has 6 rings (SSSR count). The molecule has 2 N–H and O–H groups in total. The van der Waals surface area contributed by atoms with Crippen LogP contribution in [-0.4, -0.2) is 40.2 Å². The van der Waals surface area contributed by atoms with Crippen molar-refractivity contribution in [1.29, 1.82) is 0 Å². The number of carbonyl (C=O) groups excluding carboxylic acids is 1. The van der Waals surface area contributed by atoms with Gasteiger partial charge in [-0.25, -0.2) is 9.37 Å². The lowest BCUT2D eigenvalue weighted by molar-refractivity contribution is 0.0968. The highest BCUT2D eigenvalue weighted by molar-refractivity contribution is 6.11.